The molecular formula is C18H35N7O6. The van der Waals surface area contributed by atoms with Gasteiger partial charge in [-0.2, -0.15) is 0 Å². The molecule has 0 aromatic heterocycles. The predicted molar refractivity (Wildman–Crippen MR) is 114 cm³/mol. The van der Waals surface area contributed by atoms with Crippen LogP contribution in [-0.4, -0.2) is 77.2 Å². The van der Waals surface area contributed by atoms with Crippen LogP contribution in [0.4, 0.5) is 0 Å². The number of aliphatic hydroxyl groups excluding tert-OH is 1. The SMILES string of the molecule is CC(C)CC(NC(=O)C(CCCN=C(N)N)NC(=O)CNC(=O)C(N)C(C)O)C(=O)O. The Balaban J connectivity index is 5.07. The molecule has 0 aromatic carbocycles. The minimum absolute atomic E-state index is 0.0182. The summed E-state index contributed by atoms with van der Waals surface area (Å²) >= 11 is 0. The lowest BCUT2D eigenvalue weighted by Crippen LogP contribution is -2.54. The number of amides is 3. The average Bonchev–Trinajstić information content (AvgIpc) is 2.66. The third-order valence-electron chi connectivity index (χ3n) is 4.16. The third kappa shape index (κ3) is 12.4. The highest BCUT2D eigenvalue weighted by atomic mass is 16.4. The summed E-state index contributed by atoms with van der Waals surface area (Å²) in [5, 5.41) is 25.8. The number of nitrogens with one attached hydrogen (secondary N) is 3. The van der Waals surface area contributed by atoms with Gasteiger partial charge in [0.05, 0.1) is 12.6 Å². The van der Waals surface area contributed by atoms with Crippen molar-refractivity contribution < 1.29 is 29.4 Å². The predicted octanol–water partition coefficient (Wildman–Crippen LogP) is -3.04. The van der Waals surface area contributed by atoms with E-state index in [4.69, 9.17) is 17.2 Å². The van der Waals surface area contributed by atoms with Crippen LogP contribution in [0.25, 0.3) is 0 Å². The van der Waals surface area contributed by atoms with Crippen molar-refractivity contribution in [2.45, 2.75) is 64.3 Å². The molecule has 0 radical (unpaired) electrons. The number of carboxylic acid groups (broad SMARTS) is 1. The Labute approximate surface area is 181 Å². The Morgan fingerprint density at radius 2 is 1.61 bits per heavy atom. The summed E-state index contributed by atoms with van der Waals surface area (Å²) < 4.78 is 0. The van der Waals surface area contributed by atoms with Gasteiger partial charge >= 0.3 is 5.97 Å². The van der Waals surface area contributed by atoms with Crippen LogP contribution in [0.5, 0.6) is 0 Å². The van der Waals surface area contributed by atoms with Crippen LogP contribution in [0.3, 0.4) is 0 Å². The van der Waals surface area contributed by atoms with Gasteiger partial charge in [-0.25, -0.2) is 4.79 Å². The van der Waals surface area contributed by atoms with Gasteiger partial charge in [0.15, 0.2) is 5.96 Å². The van der Waals surface area contributed by atoms with E-state index in [0.717, 1.165) is 0 Å². The van der Waals surface area contributed by atoms with E-state index in [0.29, 0.717) is 6.42 Å². The summed E-state index contributed by atoms with van der Waals surface area (Å²) in [5.74, 6) is -3.40. The molecule has 0 rings (SSSR count). The number of aliphatic hydroxyl groups is 1. The smallest absolute Gasteiger partial charge is 0.326 e. The Morgan fingerprint density at radius 3 is 2.10 bits per heavy atom. The molecule has 0 aliphatic heterocycles. The Kier molecular flexibility index (Phi) is 12.8. The number of aliphatic imine (C=N–C) groups is 1. The lowest BCUT2D eigenvalue weighted by atomic mass is 10.0. The summed E-state index contributed by atoms with van der Waals surface area (Å²) in [7, 11) is 0. The minimum atomic E-state index is -1.21. The van der Waals surface area contributed by atoms with Gasteiger partial charge in [0.1, 0.15) is 18.1 Å². The molecule has 4 atom stereocenters. The van der Waals surface area contributed by atoms with Crippen LogP contribution in [0.2, 0.25) is 0 Å². The number of carbonyl (C=O) groups excluding carboxylic acids is 3. The van der Waals surface area contributed by atoms with Gasteiger partial charge in [0.25, 0.3) is 0 Å². The molecule has 0 bridgehead atoms. The normalized spacial score (nSPS) is 14.6. The first kappa shape index (κ1) is 28.1. The van der Waals surface area contributed by atoms with Gasteiger partial charge < -0.3 is 43.4 Å². The van der Waals surface area contributed by atoms with E-state index in [-0.39, 0.29) is 31.3 Å². The molecule has 11 N–H and O–H groups in total. The van der Waals surface area contributed by atoms with Crippen LogP contribution in [0.15, 0.2) is 4.99 Å². The fraction of sp³-hybridized carbons (Fsp3) is 0.722. The van der Waals surface area contributed by atoms with Crippen molar-refractivity contribution in [1.82, 2.24) is 16.0 Å². The first-order valence-electron chi connectivity index (χ1n) is 9.94. The number of carbonyl (C=O) groups is 4. The largest absolute Gasteiger partial charge is 0.480 e. The van der Waals surface area contributed by atoms with Crippen molar-refractivity contribution in [2.75, 3.05) is 13.1 Å². The first-order chi connectivity index (χ1) is 14.3. The van der Waals surface area contributed by atoms with Crippen LogP contribution in [0, 0.1) is 5.92 Å². The molecule has 0 saturated carbocycles. The lowest BCUT2D eigenvalue weighted by Gasteiger charge is -2.22. The fourth-order valence-electron chi connectivity index (χ4n) is 2.49. The molecule has 178 valence electrons. The van der Waals surface area contributed by atoms with E-state index < -0.39 is 54.5 Å². The molecule has 0 spiro atoms. The van der Waals surface area contributed by atoms with E-state index in [9.17, 15) is 29.4 Å². The molecule has 4 unspecified atom stereocenters. The molecule has 31 heavy (non-hydrogen) atoms. The topological polar surface area (TPSA) is 235 Å². The second-order valence-corrected chi connectivity index (χ2v) is 7.58. The van der Waals surface area contributed by atoms with Gasteiger partial charge in [-0.1, -0.05) is 13.8 Å². The first-order valence-corrected chi connectivity index (χ1v) is 9.94. The molecule has 0 fully saturated rings. The van der Waals surface area contributed by atoms with Gasteiger partial charge in [-0.05, 0) is 32.1 Å². The molecule has 13 heteroatoms. The van der Waals surface area contributed by atoms with Gasteiger partial charge in [-0.15, -0.1) is 0 Å². The maximum Gasteiger partial charge on any atom is 0.326 e. The van der Waals surface area contributed by atoms with Crippen LogP contribution in [-0.2, 0) is 19.2 Å². The highest BCUT2D eigenvalue weighted by Gasteiger charge is 2.27. The quantitative estimate of drug-likeness (QED) is 0.0769. The molecule has 0 saturated heterocycles. The van der Waals surface area contributed by atoms with E-state index in [1.165, 1.54) is 6.92 Å². The molecule has 0 aliphatic rings. The molecule has 0 aromatic rings. The van der Waals surface area contributed by atoms with Crippen molar-refractivity contribution in [1.29, 1.82) is 0 Å². The van der Waals surface area contributed by atoms with Crippen molar-refractivity contribution in [3.8, 4) is 0 Å². The van der Waals surface area contributed by atoms with E-state index >= 15 is 0 Å². The second-order valence-electron chi connectivity index (χ2n) is 7.58. The third-order valence-corrected chi connectivity index (χ3v) is 4.16. The Morgan fingerprint density at radius 1 is 1.00 bits per heavy atom. The molecule has 13 nitrogen and oxygen atoms in total. The molecule has 0 heterocycles. The number of hydrogen-bond donors (Lipinski definition) is 8. The number of guanidine groups is 1. The highest BCUT2D eigenvalue weighted by Crippen LogP contribution is 2.07. The number of nitrogens with zero attached hydrogens (tertiary/aromatic N) is 1. The summed E-state index contributed by atoms with van der Waals surface area (Å²) in [6, 6.07) is -3.40. The van der Waals surface area contributed by atoms with Crippen LogP contribution >= 0.6 is 0 Å². The van der Waals surface area contributed by atoms with Crippen molar-refractivity contribution in [3.05, 3.63) is 0 Å². The number of aliphatic carboxylic acids is 1. The second kappa shape index (κ2) is 14.1. The van der Waals surface area contributed by atoms with E-state index in [1.54, 1.807) is 0 Å². The van der Waals surface area contributed by atoms with E-state index in [2.05, 4.69) is 20.9 Å². The minimum Gasteiger partial charge on any atom is -0.480 e. The van der Waals surface area contributed by atoms with Crippen LogP contribution < -0.4 is 33.2 Å². The number of nitrogens with two attached hydrogens (primary N) is 3. The van der Waals surface area contributed by atoms with Crippen molar-refractivity contribution in [2.24, 2.45) is 28.1 Å². The fourth-order valence-corrected chi connectivity index (χ4v) is 2.49. The van der Waals surface area contributed by atoms with Crippen molar-refractivity contribution in [3.63, 3.8) is 0 Å². The van der Waals surface area contributed by atoms with Crippen LogP contribution in [0.1, 0.15) is 40.0 Å². The summed E-state index contributed by atoms with van der Waals surface area (Å²) in [5.41, 5.74) is 16.0. The Hall–Kier alpha value is -2.93. The zero-order valence-electron chi connectivity index (χ0n) is 18.1. The highest BCUT2D eigenvalue weighted by molar-refractivity contribution is 5.92. The molecular weight excluding hydrogens is 410 g/mol. The standard InChI is InChI=1S/C18H35N7O6/c1-9(2)7-12(17(30)31)25-15(28)11(5-4-6-22-18(20)21)24-13(27)8-23-16(29)14(19)10(3)26/h9-12,14,26H,4-8,19H2,1-3H3,(H,23,29)(H,24,27)(H,25,28)(H,30,31)(H4,20,21,22). The van der Waals surface area contributed by atoms with Gasteiger partial charge in [0, 0.05) is 6.54 Å². The van der Waals surface area contributed by atoms with Crippen molar-refractivity contribution >= 4 is 29.7 Å². The zero-order chi connectivity index (χ0) is 24.1. The van der Waals surface area contributed by atoms with Gasteiger partial charge in [0.2, 0.25) is 17.7 Å². The average molecular weight is 446 g/mol. The number of hydrogen-bond acceptors (Lipinski definition) is 7. The number of carboxylic acids is 1. The van der Waals surface area contributed by atoms with Gasteiger partial charge in [-0.3, -0.25) is 19.4 Å². The zero-order valence-corrected chi connectivity index (χ0v) is 18.1. The van der Waals surface area contributed by atoms with E-state index in [1.807, 2.05) is 13.8 Å². The summed E-state index contributed by atoms with van der Waals surface area (Å²) in [6.45, 7) is 4.69. The maximum atomic E-state index is 12.6. The Bertz CT molecular complexity index is 649. The summed E-state index contributed by atoms with van der Waals surface area (Å²) in [6.07, 6.45) is -0.435. The molecule has 0 aliphatic carbocycles. The lowest BCUT2D eigenvalue weighted by molar-refractivity contribution is -0.142. The molecule has 3 amide bonds. The summed E-state index contributed by atoms with van der Waals surface area (Å²) in [4.78, 5) is 51.8. The monoisotopic (exact) mass is 445 g/mol. The number of rotatable bonds is 14. The maximum absolute atomic E-state index is 12.6.